The first kappa shape index (κ1) is 21.5. The van der Waals surface area contributed by atoms with Crippen LogP contribution in [-0.2, 0) is 6.54 Å². The van der Waals surface area contributed by atoms with Crippen molar-refractivity contribution in [3.63, 3.8) is 0 Å². The Morgan fingerprint density at radius 2 is 2.00 bits per heavy atom. The summed E-state index contributed by atoms with van der Waals surface area (Å²) in [6.07, 6.45) is 3.14. The van der Waals surface area contributed by atoms with E-state index in [0.29, 0.717) is 33.9 Å². The Balaban J connectivity index is 1.58. The number of methoxy groups -OCH3 is 1. The van der Waals surface area contributed by atoms with Crippen molar-refractivity contribution >= 4 is 28.2 Å². The average Bonchev–Trinajstić information content (AvgIpc) is 3.54. The maximum Gasteiger partial charge on any atom is 0.172 e. The second-order valence-corrected chi connectivity index (χ2v) is 9.27. The molecule has 0 bridgehead atoms. The molecule has 0 radical (unpaired) electrons. The van der Waals surface area contributed by atoms with Gasteiger partial charge < -0.3 is 18.8 Å². The zero-order valence-corrected chi connectivity index (χ0v) is 19.5. The monoisotopic (exact) mass is 469 g/mol. The minimum atomic E-state index is -0.626. The molecule has 2 aromatic heterocycles. The fraction of sp³-hybridized carbons (Fsp3) is 0.207. The van der Waals surface area contributed by atoms with E-state index in [0.717, 1.165) is 46.1 Å². The Labute approximate surface area is 201 Å². The van der Waals surface area contributed by atoms with Gasteiger partial charge >= 0.3 is 0 Å². The normalized spacial score (nSPS) is 13.6. The summed E-state index contributed by atoms with van der Waals surface area (Å²) in [6.45, 7) is 2.83. The van der Waals surface area contributed by atoms with Crippen molar-refractivity contribution in [1.82, 2.24) is 4.57 Å². The molecule has 1 saturated carbocycles. The van der Waals surface area contributed by atoms with Gasteiger partial charge in [-0.3, -0.25) is 4.79 Å². The molecule has 0 saturated heterocycles. The standard InChI is InChI=1S/C29H24FNO4/c1-16-27-25(34-2)10-18(15-32)11-26(27)35-29(16)23-13-20-9-8-19(21-4-3-5-24(33)28(21)30)12-22(20)31(23)14-17-6-7-17/h3-5,8-13,15,17,33H,6-7,14H2,1-2H3. The smallest absolute Gasteiger partial charge is 0.172 e. The molecule has 1 aliphatic rings. The number of carbonyl (C=O) groups is 1. The Morgan fingerprint density at radius 3 is 2.74 bits per heavy atom. The van der Waals surface area contributed by atoms with Crippen molar-refractivity contribution in [3.8, 4) is 34.1 Å². The number of benzene rings is 3. The molecule has 3 aromatic carbocycles. The predicted molar refractivity (Wildman–Crippen MR) is 134 cm³/mol. The minimum Gasteiger partial charge on any atom is -0.505 e. The lowest BCUT2D eigenvalue weighted by atomic mass is 10.0. The van der Waals surface area contributed by atoms with Crippen LogP contribution in [0.5, 0.6) is 11.5 Å². The van der Waals surface area contributed by atoms with Gasteiger partial charge in [0, 0.05) is 34.1 Å². The van der Waals surface area contributed by atoms with Crippen LogP contribution in [0.4, 0.5) is 4.39 Å². The van der Waals surface area contributed by atoms with E-state index in [1.165, 1.54) is 18.9 Å². The number of aromatic nitrogens is 1. The highest BCUT2D eigenvalue weighted by atomic mass is 19.1. The van der Waals surface area contributed by atoms with Gasteiger partial charge in [-0.2, -0.15) is 0 Å². The van der Waals surface area contributed by atoms with Gasteiger partial charge in [0.15, 0.2) is 17.3 Å². The summed E-state index contributed by atoms with van der Waals surface area (Å²) in [7, 11) is 1.58. The molecule has 0 atom stereocenters. The van der Waals surface area contributed by atoms with E-state index in [1.54, 1.807) is 31.4 Å². The van der Waals surface area contributed by atoms with Crippen molar-refractivity contribution in [2.45, 2.75) is 26.3 Å². The number of nitrogens with zero attached hydrogens (tertiary/aromatic N) is 1. The lowest BCUT2D eigenvalue weighted by Crippen LogP contribution is -2.02. The average molecular weight is 470 g/mol. The molecular weight excluding hydrogens is 445 g/mol. The van der Waals surface area contributed by atoms with Gasteiger partial charge in [0.25, 0.3) is 0 Å². The number of halogens is 1. The van der Waals surface area contributed by atoms with E-state index < -0.39 is 5.82 Å². The molecule has 5 nitrogen and oxygen atoms in total. The number of hydrogen-bond donors (Lipinski definition) is 1. The topological polar surface area (TPSA) is 64.6 Å². The molecule has 176 valence electrons. The Hall–Kier alpha value is -4.06. The maximum atomic E-state index is 14.7. The largest absolute Gasteiger partial charge is 0.505 e. The summed E-state index contributed by atoms with van der Waals surface area (Å²) in [5.74, 6) is 0.926. The molecule has 0 spiro atoms. The van der Waals surface area contributed by atoms with E-state index in [1.807, 2.05) is 25.1 Å². The summed E-state index contributed by atoms with van der Waals surface area (Å²) in [5.41, 5.74) is 5.00. The first-order valence-electron chi connectivity index (χ1n) is 11.7. The second kappa shape index (κ2) is 8.01. The van der Waals surface area contributed by atoms with Crippen LogP contribution in [0.3, 0.4) is 0 Å². The van der Waals surface area contributed by atoms with Crippen LogP contribution in [-0.4, -0.2) is 23.1 Å². The second-order valence-electron chi connectivity index (χ2n) is 9.27. The maximum absolute atomic E-state index is 14.7. The third kappa shape index (κ3) is 3.48. The lowest BCUT2D eigenvalue weighted by Gasteiger charge is -2.11. The number of aromatic hydroxyl groups is 1. The molecule has 6 rings (SSSR count). The highest BCUT2D eigenvalue weighted by Crippen LogP contribution is 2.43. The van der Waals surface area contributed by atoms with Crippen molar-refractivity contribution < 1.29 is 23.4 Å². The van der Waals surface area contributed by atoms with Crippen molar-refractivity contribution in [2.75, 3.05) is 7.11 Å². The van der Waals surface area contributed by atoms with E-state index in [4.69, 9.17) is 9.15 Å². The number of aryl methyl sites for hydroxylation is 1. The molecule has 2 heterocycles. The van der Waals surface area contributed by atoms with Crippen LogP contribution in [0, 0.1) is 18.7 Å². The van der Waals surface area contributed by atoms with Crippen molar-refractivity contribution in [1.29, 1.82) is 0 Å². The molecule has 0 amide bonds. The van der Waals surface area contributed by atoms with Gasteiger partial charge in [0.1, 0.15) is 17.6 Å². The lowest BCUT2D eigenvalue weighted by molar-refractivity contribution is 0.112. The molecule has 1 N–H and O–H groups in total. The highest BCUT2D eigenvalue weighted by molar-refractivity contribution is 5.98. The van der Waals surface area contributed by atoms with Gasteiger partial charge in [-0.15, -0.1) is 0 Å². The van der Waals surface area contributed by atoms with Gasteiger partial charge in [-0.1, -0.05) is 24.3 Å². The Kier molecular flexibility index (Phi) is 4.92. The number of phenolic OH excluding ortho intramolecular Hbond substituents is 1. The van der Waals surface area contributed by atoms with Crippen molar-refractivity contribution in [3.05, 3.63) is 71.5 Å². The van der Waals surface area contributed by atoms with Gasteiger partial charge in [-0.05, 0) is 61.6 Å². The van der Waals surface area contributed by atoms with Gasteiger partial charge in [0.2, 0.25) is 0 Å². The summed E-state index contributed by atoms with van der Waals surface area (Å²) in [6, 6.07) is 16.0. The summed E-state index contributed by atoms with van der Waals surface area (Å²) in [4.78, 5) is 11.4. The van der Waals surface area contributed by atoms with E-state index in [9.17, 15) is 14.3 Å². The van der Waals surface area contributed by atoms with E-state index in [2.05, 4.69) is 10.6 Å². The first-order chi connectivity index (χ1) is 17.0. The third-order valence-electron chi connectivity index (χ3n) is 6.94. The van der Waals surface area contributed by atoms with Crippen LogP contribution in [0.15, 0.2) is 59.0 Å². The minimum absolute atomic E-state index is 0.360. The molecule has 0 aliphatic heterocycles. The number of hydrogen-bond acceptors (Lipinski definition) is 4. The fourth-order valence-corrected chi connectivity index (χ4v) is 4.94. The zero-order valence-electron chi connectivity index (χ0n) is 19.5. The summed E-state index contributed by atoms with van der Waals surface area (Å²) < 4.78 is 28.8. The Morgan fingerprint density at radius 1 is 1.17 bits per heavy atom. The summed E-state index contributed by atoms with van der Waals surface area (Å²) in [5, 5.41) is 11.7. The fourth-order valence-electron chi connectivity index (χ4n) is 4.94. The molecule has 6 heteroatoms. The number of fused-ring (bicyclic) bond motifs is 2. The number of aldehydes is 1. The zero-order chi connectivity index (χ0) is 24.3. The number of carbonyl (C=O) groups excluding carboxylic acids is 1. The van der Waals surface area contributed by atoms with E-state index >= 15 is 0 Å². The van der Waals surface area contributed by atoms with Crippen LogP contribution in [0.1, 0.15) is 28.8 Å². The molecule has 0 unspecified atom stereocenters. The van der Waals surface area contributed by atoms with Crippen LogP contribution in [0.25, 0.3) is 44.5 Å². The number of furan rings is 1. The van der Waals surface area contributed by atoms with Crippen molar-refractivity contribution in [2.24, 2.45) is 5.92 Å². The molecule has 1 aliphatic carbocycles. The molecule has 35 heavy (non-hydrogen) atoms. The summed E-state index contributed by atoms with van der Waals surface area (Å²) >= 11 is 0. The predicted octanol–water partition coefficient (Wildman–Crippen LogP) is 7.11. The number of rotatable bonds is 6. The molecular formula is C29H24FNO4. The highest BCUT2D eigenvalue weighted by Gasteiger charge is 2.27. The molecule has 1 fully saturated rings. The van der Waals surface area contributed by atoms with Crippen LogP contribution in [0.2, 0.25) is 0 Å². The van der Waals surface area contributed by atoms with E-state index in [-0.39, 0.29) is 5.75 Å². The third-order valence-corrected chi connectivity index (χ3v) is 6.94. The molecule has 5 aromatic rings. The number of ether oxygens (including phenoxy) is 1. The number of phenols is 1. The van der Waals surface area contributed by atoms with Gasteiger partial charge in [-0.25, -0.2) is 4.39 Å². The van der Waals surface area contributed by atoms with Crippen LogP contribution < -0.4 is 4.74 Å². The SMILES string of the molecule is COc1cc(C=O)cc2oc(-c3cc4ccc(-c5cccc(O)c5F)cc4n3CC3CC3)c(C)c12. The first-order valence-corrected chi connectivity index (χ1v) is 11.7. The quantitative estimate of drug-likeness (QED) is 0.269. The van der Waals surface area contributed by atoms with Gasteiger partial charge in [0.05, 0.1) is 18.2 Å². The van der Waals surface area contributed by atoms with Crippen LogP contribution >= 0.6 is 0 Å². The Bertz CT molecular complexity index is 1620.